The Kier molecular flexibility index (Phi) is 5.89. The van der Waals surface area contributed by atoms with Crippen LogP contribution in [0.1, 0.15) is 18.1 Å². The van der Waals surface area contributed by atoms with Crippen LogP contribution in [0, 0.1) is 11.3 Å². The lowest BCUT2D eigenvalue weighted by atomic mass is 10.1. The summed E-state index contributed by atoms with van der Waals surface area (Å²) in [4.78, 5) is 13.8. The highest BCUT2D eigenvalue weighted by Crippen LogP contribution is 2.06. The highest BCUT2D eigenvalue weighted by atomic mass is 16.5. The summed E-state index contributed by atoms with van der Waals surface area (Å²) in [5, 5.41) is 8.69. The quantitative estimate of drug-likeness (QED) is 0.766. The van der Waals surface area contributed by atoms with Crippen molar-refractivity contribution in [3.8, 4) is 6.07 Å². The maximum Gasteiger partial charge on any atom is 0.227 e. The van der Waals surface area contributed by atoms with E-state index < -0.39 is 0 Å². The number of carbonyl (C=O) groups is 1. The van der Waals surface area contributed by atoms with E-state index in [1.165, 1.54) is 0 Å². The van der Waals surface area contributed by atoms with Crippen molar-refractivity contribution in [3.05, 3.63) is 35.4 Å². The first-order valence-corrected chi connectivity index (χ1v) is 5.97. The van der Waals surface area contributed by atoms with Gasteiger partial charge < -0.3 is 9.64 Å². The topological polar surface area (TPSA) is 53.3 Å². The van der Waals surface area contributed by atoms with E-state index in [0.29, 0.717) is 31.7 Å². The summed E-state index contributed by atoms with van der Waals surface area (Å²) in [6, 6.07) is 9.16. The van der Waals surface area contributed by atoms with E-state index in [1.807, 2.05) is 19.1 Å². The predicted molar refractivity (Wildman–Crippen MR) is 69.0 cm³/mol. The first-order chi connectivity index (χ1) is 8.71. The molecule has 0 radical (unpaired) electrons. The lowest BCUT2D eigenvalue weighted by Crippen LogP contribution is -2.34. The van der Waals surface area contributed by atoms with Gasteiger partial charge in [0, 0.05) is 20.2 Å². The molecule has 1 aromatic rings. The van der Waals surface area contributed by atoms with Crippen molar-refractivity contribution in [3.63, 3.8) is 0 Å². The monoisotopic (exact) mass is 246 g/mol. The second kappa shape index (κ2) is 7.46. The molecule has 0 heterocycles. The second-order valence-corrected chi connectivity index (χ2v) is 3.95. The van der Waals surface area contributed by atoms with E-state index in [9.17, 15) is 4.79 Å². The lowest BCUT2D eigenvalue weighted by Gasteiger charge is -2.20. The van der Waals surface area contributed by atoms with Gasteiger partial charge >= 0.3 is 0 Å². The Bertz CT molecular complexity index is 420. The van der Waals surface area contributed by atoms with Gasteiger partial charge in [-0.2, -0.15) is 5.26 Å². The Morgan fingerprint density at radius 3 is 2.56 bits per heavy atom. The number of rotatable bonds is 6. The van der Waals surface area contributed by atoms with Crippen molar-refractivity contribution in [2.45, 2.75) is 13.3 Å². The van der Waals surface area contributed by atoms with Crippen molar-refractivity contribution < 1.29 is 9.53 Å². The fourth-order valence-electron chi connectivity index (χ4n) is 1.64. The molecule has 0 aromatic heterocycles. The van der Waals surface area contributed by atoms with Crippen molar-refractivity contribution in [1.82, 2.24) is 4.90 Å². The molecule has 0 atom stereocenters. The summed E-state index contributed by atoms with van der Waals surface area (Å²) in [6.45, 7) is 3.79. The number of likely N-dealkylation sites (N-methyl/N-ethyl adjacent to an activating group) is 1. The molecule has 1 amide bonds. The third-order valence-electron chi connectivity index (χ3n) is 2.74. The number of benzene rings is 1. The Balaban J connectivity index is 2.59. The summed E-state index contributed by atoms with van der Waals surface area (Å²) in [5.74, 6) is 0.0826. The van der Waals surface area contributed by atoms with Crippen LogP contribution >= 0.6 is 0 Å². The maximum absolute atomic E-state index is 12.0. The largest absolute Gasteiger partial charge is 0.383 e. The van der Waals surface area contributed by atoms with Gasteiger partial charge in [0.15, 0.2) is 0 Å². The predicted octanol–water partition coefficient (Wildman–Crippen LogP) is 1.60. The third-order valence-corrected chi connectivity index (χ3v) is 2.74. The molecule has 1 rings (SSSR count). The molecule has 0 fully saturated rings. The van der Waals surface area contributed by atoms with E-state index >= 15 is 0 Å². The Labute approximate surface area is 108 Å². The fraction of sp³-hybridized carbons (Fsp3) is 0.429. The molecule has 0 bridgehead atoms. The number of hydrogen-bond acceptors (Lipinski definition) is 3. The minimum atomic E-state index is 0.0826. The number of nitrogens with zero attached hydrogens (tertiary/aromatic N) is 2. The van der Waals surface area contributed by atoms with Crippen LogP contribution in [0.25, 0.3) is 0 Å². The lowest BCUT2D eigenvalue weighted by molar-refractivity contribution is -0.130. The zero-order valence-corrected chi connectivity index (χ0v) is 10.8. The van der Waals surface area contributed by atoms with E-state index in [-0.39, 0.29) is 5.91 Å². The van der Waals surface area contributed by atoms with E-state index in [4.69, 9.17) is 10.00 Å². The van der Waals surface area contributed by atoms with Crippen LogP contribution in [0.4, 0.5) is 0 Å². The van der Waals surface area contributed by atoms with Gasteiger partial charge in [-0.3, -0.25) is 4.79 Å². The molecule has 0 unspecified atom stereocenters. The number of amides is 1. The zero-order chi connectivity index (χ0) is 13.4. The average molecular weight is 246 g/mol. The van der Waals surface area contributed by atoms with Crippen LogP contribution in [-0.2, 0) is 16.0 Å². The molecule has 4 heteroatoms. The third kappa shape index (κ3) is 4.19. The first-order valence-electron chi connectivity index (χ1n) is 5.97. The molecule has 4 nitrogen and oxygen atoms in total. The minimum Gasteiger partial charge on any atom is -0.383 e. The van der Waals surface area contributed by atoms with Crippen molar-refractivity contribution in [1.29, 1.82) is 5.26 Å². The van der Waals surface area contributed by atoms with Crippen LogP contribution in [0.2, 0.25) is 0 Å². The summed E-state index contributed by atoms with van der Waals surface area (Å²) in [5.41, 5.74) is 1.53. The van der Waals surface area contributed by atoms with Crippen molar-refractivity contribution in [2.24, 2.45) is 0 Å². The van der Waals surface area contributed by atoms with Crippen LogP contribution < -0.4 is 0 Å². The molecule has 0 aliphatic carbocycles. The van der Waals surface area contributed by atoms with Gasteiger partial charge in [0.05, 0.1) is 24.7 Å². The van der Waals surface area contributed by atoms with E-state index in [0.717, 1.165) is 5.56 Å². The van der Waals surface area contributed by atoms with Crippen LogP contribution in [-0.4, -0.2) is 37.6 Å². The van der Waals surface area contributed by atoms with Gasteiger partial charge in [0.25, 0.3) is 0 Å². The van der Waals surface area contributed by atoms with Gasteiger partial charge in [0.1, 0.15) is 0 Å². The summed E-state index contributed by atoms with van der Waals surface area (Å²) in [7, 11) is 1.62. The van der Waals surface area contributed by atoms with Gasteiger partial charge in [-0.05, 0) is 24.6 Å². The standard InChI is InChI=1S/C14H18N2O2/c1-3-16(8-9-18-2)14(17)10-12-4-6-13(11-15)7-5-12/h4-7H,3,8-10H2,1-2H3. The normalized spacial score (nSPS) is 9.83. The molecule has 0 spiro atoms. The van der Waals surface area contributed by atoms with Gasteiger partial charge in [-0.1, -0.05) is 12.1 Å². The minimum absolute atomic E-state index is 0.0826. The second-order valence-electron chi connectivity index (χ2n) is 3.95. The molecule has 0 N–H and O–H groups in total. The SMILES string of the molecule is CCN(CCOC)C(=O)Cc1ccc(C#N)cc1. The number of hydrogen-bond donors (Lipinski definition) is 0. The van der Waals surface area contributed by atoms with E-state index in [1.54, 1.807) is 24.1 Å². The molecule has 1 aromatic carbocycles. The number of methoxy groups -OCH3 is 1. The zero-order valence-electron chi connectivity index (χ0n) is 10.8. The summed E-state index contributed by atoms with van der Waals surface area (Å²) < 4.78 is 4.97. The molecule has 18 heavy (non-hydrogen) atoms. The molecular formula is C14H18N2O2. The highest BCUT2D eigenvalue weighted by molar-refractivity contribution is 5.78. The highest BCUT2D eigenvalue weighted by Gasteiger charge is 2.11. The number of carbonyl (C=O) groups excluding carboxylic acids is 1. The fourth-order valence-corrected chi connectivity index (χ4v) is 1.64. The number of ether oxygens (including phenoxy) is 1. The molecule has 0 saturated heterocycles. The number of nitriles is 1. The van der Waals surface area contributed by atoms with Gasteiger partial charge in [-0.15, -0.1) is 0 Å². The van der Waals surface area contributed by atoms with Gasteiger partial charge in [0.2, 0.25) is 5.91 Å². The Morgan fingerprint density at radius 1 is 1.39 bits per heavy atom. The summed E-state index contributed by atoms with van der Waals surface area (Å²) >= 11 is 0. The average Bonchev–Trinajstić information content (AvgIpc) is 2.40. The molecular weight excluding hydrogens is 228 g/mol. The molecule has 0 aliphatic heterocycles. The molecule has 0 aliphatic rings. The van der Waals surface area contributed by atoms with Crippen molar-refractivity contribution in [2.75, 3.05) is 26.8 Å². The van der Waals surface area contributed by atoms with Crippen LogP contribution in [0.15, 0.2) is 24.3 Å². The van der Waals surface area contributed by atoms with Crippen molar-refractivity contribution >= 4 is 5.91 Å². The molecule has 96 valence electrons. The van der Waals surface area contributed by atoms with E-state index in [2.05, 4.69) is 6.07 Å². The molecule has 0 saturated carbocycles. The smallest absolute Gasteiger partial charge is 0.227 e. The maximum atomic E-state index is 12.0. The van der Waals surface area contributed by atoms with Gasteiger partial charge in [-0.25, -0.2) is 0 Å². The van der Waals surface area contributed by atoms with Crippen LogP contribution in [0.5, 0.6) is 0 Å². The Morgan fingerprint density at radius 2 is 2.06 bits per heavy atom. The summed E-state index contributed by atoms with van der Waals surface area (Å²) in [6.07, 6.45) is 0.364. The first kappa shape index (κ1) is 14.2. The van der Waals surface area contributed by atoms with Crippen LogP contribution in [0.3, 0.4) is 0 Å². The Hall–Kier alpha value is -1.86.